The van der Waals surface area contributed by atoms with Crippen molar-refractivity contribution < 1.29 is 9.53 Å². The number of hydrogen-bond acceptors (Lipinski definition) is 5. The van der Waals surface area contributed by atoms with Gasteiger partial charge in [-0.25, -0.2) is 0 Å². The highest BCUT2D eigenvalue weighted by Crippen LogP contribution is 2.25. The van der Waals surface area contributed by atoms with Crippen molar-refractivity contribution >= 4 is 29.3 Å². The lowest BCUT2D eigenvalue weighted by Crippen LogP contribution is -2.29. The number of thioether (sulfide) groups is 1. The van der Waals surface area contributed by atoms with Crippen LogP contribution >= 0.6 is 23.4 Å². The Balaban J connectivity index is 1.76. The number of benzene rings is 1. The van der Waals surface area contributed by atoms with Crippen LogP contribution in [0.4, 0.5) is 0 Å². The topological polar surface area (TPSA) is 60.2 Å². The number of methoxy groups -OCH3 is 1. The van der Waals surface area contributed by atoms with Crippen LogP contribution in [0.25, 0.3) is 11.4 Å². The van der Waals surface area contributed by atoms with Crippen LogP contribution in [0.15, 0.2) is 29.4 Å². The van der Waals surface area contributed by atoms with Gasteiger partial charge in [-0.05, 0) is 37.1 Å². The fourth-order valence-corrected chi connectivity index (χ4v) is 3.77. The second kappa shape index (κ2) is 8.69. The maximum Gasteiger partial charge on any atom is 0.233 e. The summed E-state index contributed by atoms with van der Waals surface area (Å²) in [6.07, 6.45) is 2.20. The normalized spacial score (nSPS) is 14.2. The largest absolute Gasteiger partial charge is 0.383 e. The van der Waals surface area contributed by atoms with Gasteiger partial charge in [0.15, 0.2) is 11.0 Å². The Morgan fingerprint density at radius 1 is 1.24 bits per heavy atom. The standard InChI is InChI=1S/C17H21ClN4O2S/c1-24-11-10-22-16(13-4-6-14(18)7-5-13)19-20-17(22)25-12-15(23)21-8-2-3-9-21/h4-7H,2-3,8-12H2,1H3. The highest BCUT2D eigenvalue weighted by atomic mass is 35.5. The van der Waals surface area contributed by atoms with E-state index in [2.05, 4.69) is 10.2 Å². The van der Waals surface area contributed by atoms with Crippen molar-refractivity contribution in [1.82, 2.24) is 19.7 Å². The monoisotopic (exact) mass is 380 g/mol. The number of likely N-dealkylation sites (tertiary alicyclic amines) is 1. The maximum absolute atomic E-state index is 12.3. The zero-order valence-electron chi connectivity index (χ0n) is 14.2. The molecule has 1 aliphatic heterocycles. The summed E-state index contributed by atoms with van der Waals surface area (Å²) < 4.78 is 7.20. The van der Waals surface area contributed by atoms with Crippen molar-refractivity contribution in [2.24, 2.45) is 0 Å². The minimum Gasteiger partial charge on any atom is -0.383 e. The van der Waals surface area contributed by atoms with Crippen LogP contribution in [0.5, 0.6) is 0 Å². The number of nitrogens with zero attached hydrogens (tertiary/aromatic N) is 4. The van der Waals surface area contributed by atoms with Crippen LogP contribution in [0, 0.1) is 0 Å². The molecule has 1 fully saturated rings. The third-order valence-corrected chi connectivity index (χ3v) is 5.33. The Kier molecular flexibility index (Phi) is 6.34. The van der Waals surface area contributed by atoms with Gasteiger partial charge < -0.3 is 9.64 Å². The molecule has 1 aromatic heterocycles. The second-order valence-corrected chi connectivity index (χ2v) is 7.21. The summed E-state index contributed by atoms with van der Waals surface area (Å²) in [7, 11) is 1.66. The molecule has 0 unspecified atom stereocenters. The lowest BCUT2D eigenvalue weighted by atomic mass is 10.2. The molecule has 1 saturated heterocycles. The van der Waals surface area contributed by atoms with Crippen LogP contribution in [0.3, 0.4) is 0 Å². The highest BCUT2D eigenvalue weighted by Gasteiger charge is 2.20. The Morgan fingerprint density at radius 2 is 1.96 bits per heavy atom. The SMILES string of the molecule is COCCn1c(SCC(=O)N2CCCC2)nnc1-c1ccc(Cl)cc1. The first-order valence-electron chi connectivity index (χ1n) is 8.27. The number of aromatic nitrogens is 3. The van der Waals surface area contributed by atoms with E-state index in [4.69, 9.17) is 16.3 Å². The molecule has 0 atom stereocenters. The van der Waals surface area contributed by atoms with Crippen LogP contribution in [-0.2, 0) is 16.1 Å². The van der Waals surface area contributed by atoms with Crippen LogP contribution in [0.1, 0.15) is 12.8 Å². The molecule has 1 aromatic carbocycles. The zero-order chi connectivity index (χ0) is 17.6. The van der Waals surface area contributed by atoms with E-state index in [0.717, 1.165) is 42.5 Å². The first kappa shape index (κ1) is 18.2. The number of amides is 1. The fourth-order valence-electron chi connectivity index (χ4n) is 2.78. The van der Waals surface area contributed by atoms with Gasteiger partial charge in [-0.1, -0.05) is 23.4 Å². The number of carbonyl (C=O) groups excluding carboxylic acids is 1. The van der Waals surface area contributed by atoms with Gasteiger partial charge in [-0.2, -0.15) is 0 Å². The molecule has 2 heterocycles. The molecule has 1 amide bonds. The zero-order valence-corrected chi connectivity index (χ0v) is 15.7. The van der Waals surface area contributed by atoms with E-state index >= 15 is 0 Å². The van der Waals surface area contributed by atoms with E-state index in [0.29, 0.717) is 23.9 Å². The molecule has 8 heteroatoms. The summed E-state index contributed by atoms with van der Waals surface area (Å²) in [4.78, 5) is 14.2. The molecule has 0 saturated carbocycles. The molecule has 1 aliphatic rings. The molecular weight excluding hydrogens is 360 g/mol. The van der Waals surface area contributed by atoms with E-state index in [1.807, 2.05) is 33.7 Å². The molecule has 0 aliphatic carbocycles. The average Bonchev–Trinajstić information content (AvgIpc) is 3.28. The van der Waals surface area contributed by atoms with Gasteiger partial charge >= 0.3 is 0 Å². The summed E-state index contributed by atoms with van der Waals surface area (Å²) >= 11 is 7.39. The van der Waals surface area contributed by atoms with Gasteiger partial charge in [0.25, 0.3) is 0 Å². The molecule has 0 spiro atoms. The summed E-state index contributed by atoms with van der Waals surface area (Å²) in [6.45, 7) is 2.91. The first-order valence-corrected chi connectivity index (χ1v) is 9.64. The van der Waals surface area contributed by atoms with Gasteiger partial charge in [-0.3, -0.25) is 9.36 Å². The Hall–Kier alpha value is -1.57. The average molecular weight is 381 g/mol. The fraction of sp³-hybridized carbons (Fsp3) is 0.471. The summed E-state index contributed by atoms with van der Waals surface area (Å²) in [5.74, 6) is 1.30. The number of carbonyl (C=O) groups is 1. The Morgan fingerprint density at radius 3 is 2.64 bits per heavy atom. The highest BCUT2D eigenvalue weighted by molar-refractivity contribution is 7.99. The van der Waals surface area contributed by atoms with Crippen molar-refractivity contribution in [2.45, 2.75) is 24.5 Å². The number of hydrogen-bond donors (Lipinski definition) is 0. The van der Waals surface area contributed by atoms with Crippen LogP contribution in [-0.4, -0.2) is 58.1 Å². The third-order valence-electron chi connectivity index (χ3n) is 4.12. The second-order valence-electron chi connectivity index (χ2n) is 5.83. The van der Waals surface area contributed by atoms with Gasteiger partial charge in [0.1, 0.15) is 0 Å². The van der Waals surface area contributed by atoms with Crippen LogP contribution < -0.4 is 0 Å². The van der Waals surface area contributed by atoms with E-state index in [9.17, 15) is 4.79 Å². The van der Waals surface area contributed by atoms with Gasteiger partial charge in [0.2, 0.25) is 5.91 Å². The van der Waals surface area contributed by atoms with Crippen molar-refractivity contribution in [3.8, 4) is 11.4 Å². The van der Waals surface area contributed by atoms with E-state index in [1.54, 1.807) is 7.11 Å². The van der Waals surface area contributed by atoms with E-state index in [-0.39, 0.29) is 5.91 Å². The lowest BCUT2D eigenvalue weighted by molar-refractivity contribution is -0.127. The molecule has 0 N–H and O–H groups in total. The molecule has 134 valence electrons. The smallest absolute Gasteiger partial charge is 0.233 e. The summed E-state index contributed by atoms with van der Waals surface area (Å²) in [6, 6.07) is 7.49. The Bertz CT molecular complexity index is 714. The van der Waals surface area contributed by atoms with Gasteiger partial charge in [-0.15, -0.1) is 10.2 Å². The van der Waals surface area contributed by atoms with E-state index in [1.165, 1.54) is 11.8 Å². The number of halogens is 1. The molecular formula is C17H21ClN4O2S. The first-order chi connectivity index (χ1) is 12.2. The molecule has 25 heavy (non-hydrogen) atoms. The number of rotatable bonds is 7. The molecule has 3 rings (SSSR count). The van der Waals surface area contributed by atoms with Crippen molar-refractivity contribution in [3.05, 3.63) is 29.3 Å². The summed E-state index contributed by atoms with van der Waals surface area (Å²) in [5.41, 5.74) is 0.936. The van der Waals surface area contributed by atoms with Crippen LogP contribution in [0.2, 0.25) is 5.02 Å². The third kappa shape index (κ3) is 4.54. The van der Waals surface area contributed by atoms with E-state index < -0.39 is 0 Å². The van der Waals surface area contributed by atoms with Gasteiger partial charge in [0.05, 0.1) is 18.9 Å². The quantitative estimate of drug-likeness (QED) is 0.691. The molecule has 0 bridgehead atoms. The minimum absolute atomic E-state index is 0.164. The predicted octanol–water partition coefficient (Wildman–Crippen LogP) is 2.96. The van der Waals surface area contributed by atoms with Crippen molar-refractivity contribution in [2.75, 3.05) is 32.6 Å². The Labute approximate surface area is 156 Å². The molecule has 0 radical (unpaired) electrons. The molecule has 6 nitrogen and oxygen atoms in total. The summed E-state index contributed by atoms with van der Waals surface area (Å²) in [5, 5.41) is 10.0. The minimum atomic E-state index is 0.164. The van der Waals surface area contributed by atoms with Crippen molar-refractivity contribution in [3.63, 3.8) is 0 Å². The predicted molar refractivity (Wildman–Crippen MR) is 98.9 cm³/mol. The van der Waals surface area contributed by atoms with Crippen molar-refractivity contribution in [1.29, 1.82) is 0 Å². The number of ether oxygens (including phenoxy) is 1. The lowest BCUT2D eigenvalue weighted by Gasteiger charge is -2.15. The van der Waals surface area contributed by atoms with Gasteiger partial charge in [0, 0.05) is 30.8 Å². The maximum atomic E-state index is 12.3. The molecule has 2 aromatic rings.